The minimum atomic E-state index is -1.07. The van der Waals surface area contributed by atoms with Crippen LogP contribution in [0, 0.1) is 5.92 Å². The number of carboxylic acid groups (broad SMARTS) is 1. The average molecular weight is 358 g/mol. The second kappa shape index (κ2) is 6.44. The van der Waals surface area contributed by atoms with E-state index in [2.05, 4.69) is 15.1 Å². The molecule has 3 aromatic rings. The predicted molar refractivity (Wildman–Crippen MR) is 94.6 cm³/mol. The monoisotopic (exact) mass is 358 g/mol. The summed E-state index contributed by atoms with van der Waals surface area (Å²) >= 11 is 1.45. The van der Waals surface area contributed by atoms with E-state index in [1.54, 1.807) is 0 Å². The summed E-state index contributed by atoms with van der Waals surface area (Å²) in [7, 11) is 0. The van der Waals surface area contributed by atoms with Crippen LogP contribution in [0.15, 0.2) is 22.6 Å². The fraction of sp³-hybridized carbons (Fsp3) is 0.412. The van der Waals surface area contributed by atoms with Crippen molar-refractivity contribution in [3.63, 3.8) is 0 Å². The molecule has 8 heteroatoms. The number of thiophene rings is 1. The fourth-order valence-electron chi connectivity index (χ4n) is 3.51. The van der Waals surface area contributed by atoms with Crippen LogP contribution in [0.2, 0.25) is 0 Å². The van der Waals surface area contributed by atoms with Crippen molar-refractivity contribution in [2.24, 2.45) is 5.92 Å². The third-order valence-electron chi connectivity index (χ3n) is 4.79. The van der Waals surface area contributed by atoms with Gasteiger partial charge in [-0.15, -0.1) is 11.3 Å². The van der Waals surface area contributed by atoms with E-state index in [9.17, 15) is 9.59 Å². The Kier molecular flexibility index (Phi) is 4.12. The highest BCUT2D eigenvalue weighted by Gasteiger charge is 2.19. The van der Waals surface area contributed by atoms with Crippen molar-refractivity contribution >= 4 is 27.5 Å². The molecule has 1 fully saturated rings. The lowest BCUT2D eigenvalue weighted by Gasteiger charge is -2.20. The van der Waals surface area contributed by atoms with E-state index in [4.69, 9.17) is 5.11 Å². The van der Waals surface area contributed by atoms with Crippen LogP contribution in [0.3, 0.4) is 0 Å². The number of nitrogens with zero attached hydrogens (tertiary/aromatic N) is 3. The van der Waals surface area contributed by atoms with Gasteiger partial charge in [-0.05, 0) is 23.3 Å². The first kappa shape index (κ1) is 16.0. The maximum atomic E-state index is 12.6. The number of H-pyrrole nitrogens is 1. The highest BCUT2D eigenvalue weighted by molar-refractivity contribution is 7.16. The van der Waals surface area contributed by atoms with Crippen molar-refractivity contribution in [3.05, 3.63) is 39.3 Å². The van der Waals surface area contributed by atoms with Gasteiger partial charge in [0.15, 0.2) is 0 Å². The zero-order valence-electron chi connectivity index (χ0n) is 13.6. The number of aromatic amines is 1. The summed E-state index contributed by atoms with van der Waals surface area (Å²) in [5, 5.41) is 15.6. The molecule has 1 aliphatic rings. The summed E-state index contributed by atoms with van der Waals surface area (Å²) in [4.78, 5) is 31.4. The van der Waals surface area contributed by atoms with Gasteiger partial charge in [-0.3, -0.25) is 9.78 Å². The largest absolute Gasteiger partial charge is 0.478 e. The lowest BCUT2D eigenvalue weighted by atomic mass is 9.85. The number of aromatic carboxylic acids is 1. The molecule has 0 aliphatic heterocycles. The molecule has 7 nitrogen and oxygen atoms in total. The van der Waals surface area contributed by atoms with Gasteiger partial charge in [0.05, 0.1) is 17.1 Å². The average Bonchev–Trinajstić information content (AvgIpc) is 3.23. The molecule has 3 heterocycles. The summed E-state index contributed by atoms with van der Waals surface area (Å²) < 4.78 is 1.28. The molecule has 0 atom stereocenters. The molecule has 1 aliphatic carbocycles. The topological polar surface area (TPSA) is 101 Å². The smallest absolute Gasteiger partial charge is 0.338 e. The number of nitrogens with one attached hydrogen (secondary N) is 1. The number of rotatable bonds is 4. The first-order chi connectivity index (χ1) is 12.1. The molecule has 0 amide bonds. The molecule has 0 bridgehead atoms. The van der Waals surface area contributed by atoms with E-state index in [0.29, 0.717) is 16.1 Å². The second-order valence-corrected chi connectivity index (χ2v) is 7.38. The summed E-state index contributed by atoms with van der Waals surface area (Å²) in [6, 6.07) is 0. The summed E-state index contributed by atoms with van der Waals surface area (Å²) in [6.45, 7) is 0. The second-order valence-electron chi connectivity index (χ2n) is 6.52. The zero-order valence-corrected chi connectivity index (χ0v) is 14.4. The van der Waals surface area contributed by atoms with Gasteiger partial charge in [0, 0.05) is 6.20 Å². The van der Waals surface area contributed by atoms with Gasteiger partial charge < -0.3 is 5.11 Å². The van der Waals surface area contributed by atoms with Gasteiger partial charge in [-0.1, -0.05) is 32.1 Å². The molecule has 130 valence electrons. The SMILES string of the molecule is O=C(O)c1cnn(-c2nc3scc(CC4CCCCC4)c3c(=O)[nH]2)c1. The Morgan fingerprint density at radius 3 is 2.88 bits per heavy atom. The number of hydrogen-bond acceptors (Lipinski definition) is 5. The third-order valence-corrected chi connectivity index (χ3v) is 5.71. The Bertz CT molecular complexity index is 981. The predicted octanol–water partition coefficient (Wildman–Crippen LogP) is 2.99. The molecule has 2 N–H and O–H groups in total. The minimum Gasteiger partial charge on any atom is -0.478 e. The third kappa shape index (κ3) is 3.09. The van der Waals surface area contributed by atoms with Crippen LogP contribution < -0.4 is 5.56 Å². The van der Waals surface area contributed by atoms with Crippen LogP contribution in [0.25, 0.3) is 16.2 Å². The lowest BCUT2D eigenvalue weighted by Crippen LogP contribution is -2.15. The Morgan fingerprint density at radius 2 is 2.16 bits per heavy atom. The Hall–Kier alpha value is -2.48. The molecule has 1 saturated carbocycles. The first-order valence-electron chi connectivity index (χ1n) is 8.40. The van der Waals surface area contributed by atoms with Gasteiger partial charge >= 0.3 is 5.97 Å². The maximum absolute atomic E-state index is 12.6. The van der Waals surface area contributed by atoms with Crippen LogP contribution in [0.5, 0.6) is 0 Å². The minimum absolute atomic E-state index is 0.0481. The molecule has 0 saturated heterocycles. The van der Waals surface area contributed by atoms with Crippen LogP contribution in [0.1, 0.15) is 48.0 Å². The number of carbonyl (C=O) groups is 1. The van der Waals surface area contributed by atoms with E-state index in [1.807, 2.05) is 5.38 Å². The molecular weight excluding hydrogens is 340 g/mol. The quantitative estimate of drug-likeness (QED) is 0.747. The van der Waals surface area contributed by atoms with Crippen molar-refractivity contribution in [2.45, 2.75) is 38.5 Å². The van der Waals surface area contributed by atoms with E-state index < -0.39 is 5.97 Å². The van der Waals surface area contributed by atoms with Crippen LogP contribution in [-0.2, 0) is 6.42 Å². The highest BCUT2D eigenvalue weighted by atomic mass is 32.1. The first-order valence-corrected chi connectivity index (χ1v) is 9.28. The van der Waals surface area contributed by atoms with Crippen molar-refractivity contribution < 1.29 is 9.90 Å². The molecular formula is C17H18N4O3S. The summed E-state index contributed by atoms with van der Waals surface area (Å²) in [5.41, 5.74) is 0.922. The highest BCUT2D eigenvalue weighted by Crippen LogP contribution is 2.30. The zero-order chi connectivity index (χ0) is 17.4. The van der Waals surface area contributed by atoms with Crippen molar-refractivity contribution in [1.29, 1.82) is 0 Å². The van der Waals surface area contributed by atoms with Gasteiger partial charge in [0.25, 0.3) is 5.56 Å². The Balaban J connectivity index is 1.68. The van der Waals surface area contributed by atoms with E-state index in [0.717, 1.165) is 12.0 Å². The van der Waals surface area contributed by atoms with Gasteiger partial charge in [-0.25, -0.2) is 14.5 Å². The lowest BCUT2D eigenvalue weighted by molar-refractivity contribution is 0.0697. The normalized spacial score (nSPS) is 15.7. The Labute approximate surface area is 147 Å². The molecule has 0 aromatic carbocycles. The number of hydrogen-bond donors (Lipinski definition) is 2. The summed E-state index contributed by atoms with van der Waals surface area (Å²) in [5.74, 6) is -0.188. The number of carboxylic acids is 1. The van der Waals surface area contributed by atoms with Crippen LogP contribution in [0.4, 0.5) is 0 Å². The van der Waals surface area contributed by atoms with Gasteiger partial charge in [0.2, 0.25) is 5.95 Å². The molecule has 4 rings (SSSR count). The van der Waals surface area contributed by atoms with E-state index >= 15 is 0 Å². The molecule has 0 radical (unpaired) electrons. The van der Waals surface area contributed by atoms with E-state index in [1.165, 1.54) is 60.5 Å². The van der Waals surface area contributed by atoms with Gasteiger partial charge in [0.1, 0.15) is 4.83 Å². The summed E-state index contributed by atoms with van der Waals surface area (Å²) in [6.07, 6.45) is 9.81. The van der Waals surface area contributed by atoms with E-state index in [-0.39, 0.29) is 17.1 Å². The number of fused-ring (bicyclic) bond motifs is 1. The molecule has 0 spiro atoms. The van der Waals surface area contributed by atoms with Gasteiger partial charge in [-0.2, -0.15) is 5.10 Å². The van der Waals surface area contributed by atoms with Crippen LogP contribution in [-0.4, -0.2) is 30.8 Å². The number of aromatic nitrogens is 4. The fourth-order valence-corrected chi connectivity index (χ4v) is 4.45. The molecule has 25 heavy (non-hydrogen) atoms. The van der Waals surface area contributed by atoms with Crippen molar-refractivity contribution in [1.82, 2.24) is 19.7 Å². The van der Waals surface area contributed by atoms with Crippen molar-refractivity contribution in [3.8, 4) is 5.95 Å². The molecule has 3 aromatic heterocycles. The van der Waals surface area contributed by atoms with Crippen LogP contribution >= 0.6 is 11.3 Å². The maximum Gasteiger partial charge on any atom is 0.338 e. The standard InChI is InChI=1S/C17H18N4O3S/c22-14-13-11(6-10-4-2-1-3-5-10)9-25-15(13)20-17(19-14)21-8-12(7-18-21)16(23)24/h7-10H,1-6H2,(H,23,24)(H,19,20,22). The van der Waals surface area contributed by atoms with Crippen molar-refractivity contribution in [2.75, 3.05) is 0 Å². The molecule has 0 unspecified atom stereocenters. The Morgan fingerprint density at radius 1 is 1.36 bits per heavy atom.